The topological polar surface area (TPSA) is 26.0 Å². The fraction of sp³-hybridized carbons (Fsp3) is 0.200. The smallest absolute Gasteiger partial charge is 0.126 e. The van der Waals surface area contributed by atoms with Gasteiger partial charge in [0, 0.05) is 16.6 Å². The third-order valence-corrected chi connectivity index (χ3v) is 3.26. The molecule has 2 rings (SSSR count). The van der Waals surface area contributed by atoms with Gasteiger partial charge in [-0.25, -0.2) is 8.78 Å². The van der Waals surface area contributed by atoms with Crippen LogP contribution in [0.25, 0.3) is 0 Å². The van der Waals surface area contributed by atoms with E-state index in [1.807, 2.05) is 12.1 Å². The molecule has 0 spiro atoms. The Balaban J connectivity index is 2.28. The SMILES string of the molecule is CC(N)(Cc1ccc(Cl)cc1)c1cc(F)cc(F)c1. The summed E-state index contributed by atoms with van der Waals surface area (Å²) in [5.74, 6) is -1.24. The van der Waals surface area contributed by atoms with Crippen molar-refractivity contribution >= 4 is 11.6 Å². The molecule has 0 radical (unpaired) electrons. The van der Waals surface area contributed by atoms with Gasteiger partial charge in [-0.05, 0) is 48.7 Å². The van der Waals surface area contributed by atoms with Gasteiger partial charge < -0.3 is 5.73 Å². The average Bonchev–Trinajstić information content (AvgIpc) is 2.31. The Morgan fingerprint density at radius 1 is 1.05 bits per heavy atom. The van der Waals surface area contributed by atoms with Gasteiger partial charge in [0.25, 0.3) is 0 Å². The van der Waals surface area contributed by atoms with E-state index in [4.69, 9.17) is 17.3 Å². The Morgan fingerprint density at radius 3 is 2.11 bits per heavy atom. The molecule has 0 aliphatic heterocycles. The van der Waals surface area contributed by atoms with E-state index < -0.39 is 17.2 Å². The molecule has 0 fully saturated rings. The minimum atomic E-state index is -0.850. The van der Waals surface area contributed by atoms with Crippen LogP contribution in [-0.2, 0) is 12.0 Å². The van der Waals surface area contributed by atoms with Crippen LogP contribution in [0.3, 0.4) is 0 Å². The molecular formula is C15H14ClF2N. The number of halogens is 3. The molecule has 2 aromatic carbocycles. The lowest BCUT2D eigenvalue weighted by molar-refractivity contribution is 0.478. The Bertz CT molecular complexity index is 559. The lowest BCUT2D eigenvalue weighted by Gasteiger charge is -2.25. The van der Waals surface area contributed by atoms with E-state index in [2.05, 4.69) is 0 Å². The second kappa shape index (κ2) is 5.27. The van der Waals surface area contributed by atoms with E-state index in [0.717, 1.165) is 11.6 Å². The lowest BCUT2D eigenvalue weighted by atomic mass is 9.86. The molecule has 2 N–H and O–H groups in total. The zero-order valence-corrected chi connectivity index (χ0v) is 11.2. The first-order chi connectivity index (χ1) is 8.87. The van der Waals surface area contributed by atoms with E-state index in [1.165, 1.54) is 12.1 Å². The zero-order chi connectivity index (χ0) is 14.0. The van der Waals surface area contributed by atoms with Crippen molar-refractivity contribution in [1.29, 1.82) is 0 Å². The number of rotatable bonds is 3. The molecule has 100 valence electrons. The van der Waals surface area contributed by atoms with Crippen LogP contribution in [-0.4, -0.2) is 0 Å². The molecule has 0 aliphatic rings. The molecule has 2 aromatic rings. The largest absolute Gasteiger partial charge is 0.321 e. The van der Waals surface area contributed by atoms with E-state index in [-0.39, 0.29) is 0 Å². The highest BCUT2D eigenvalue weighted by Gasteiger charge is 2.23. The molecule has 0 amide bonds. The fourth-order valence-electron chi connectivity index (χ4n) is 2.01. The first-order valence-corrected chi connectivity index (χ1v) is 6.24. The standard InChI is InChI=1S/C15H14ClF2N/c1-15(19,9-10-2-4-12(16)5-3-10)11-6-13(17)8-14(18)7-11/h2-8H,9,19H2,1H3. The highest BCUT2D eigenvalue weighted by molar-refractivity contribution is 6.30. The van der Waals surface area contributed by atoms with Gasteiger partial charge in [0.1, 0.15) is 11.6 Å². The molecule has 0 aromatic heterocycles. The quantitative estimate of drug-likeness (QED) is 0.903. The molecule has 1 atom stereocenters. The third-order valence-electron chi connectivity index (χ3n) is 3.01. The molecule has 1 nitrogen and oxygen atoms in total. The third kappa shape index (κ3) is 3.52. The van der Waals surface area contributed by atoms with Gasteiger partial charge in [0.2, 0.25) is 0 Å². The Hall–Kier alpha value is -1.45. The summed E-state index contributed by atoms with van der Waals surface area (Å²) in [6, 6.07) is 10.6. The Labute approximate surface area is 116 Å². The summed E-state index contributed by atoms with van der Waals surface area (Å²) in [6.07, 6.45) is 0.465. The van der Waals surface area contributed by atoms with E-state index >= 15 is 0 Å². The number of nitrogens with two attached hydrogens (primary N) is 1. The summed E-state index contributed by atoms with van der Waals surface area (Å²) in [7, 11) is 0. The van der Waals surface area contributed by atoms with E-state index in [1.54, 1.807) is 19.1 Å². The molecule has 19 heavy (non-hydrogen) atoms. The maximum Gasteiger partial charge on any atom is 0.126 e. The fourth-order valence-corrected chi connectivity index (χ4v) is 2.14. The summed E-state index contributed by atoms with van der Waals surface area (Å²) >= 11 is 5.81. The van der Waals surface area contributed by atoms with Crippen molar-refractivity contribution in [3.63, 3.8) is 0 Å². The van der Waals surface area contributed by atoms with Crippen molar-refractivity contribution in [2.24, 2.45) is 5.73 Å². The van der Waals surface area contributed by atoms with Crippen LogP contribution < -0.4 is 5.73 Å². The molecule has 0 aliphatic carbocycles. The van der Waals surface area contributed by atoms with Crippen molar-refractivity contribution in [1.82, 2.24) is 0 Å². The van der Waals surface area contributed by atoms with Gasteiger partial charge in [0.15, 0.2) is 0 Å². The molecule has 0 heterocycles. The van der Waals surface area contributed by atoms with Crippen LogP contribution in [0.1, 0.15) is 18.1 Å². The molecule has 0 saturated carbocycles. The predicted molar refractivity (Wildman–Crippen MR) is 73.1 cm³/mol. The maximum atomic E-state index is 13.2. The normalized spacial score (nSPS) is 14.2. The lowest BCUT2D eigenvalue weighted by Crippen LogP contribution is -2.35. The highest BCUT2D eigenvalue weighted by Crippen LogP contribution is 2.25. The van der Waals surface area contributed by atoms with E-state index in [0.29, 0.717) is 17.0 Å². The minimum absolute atomic E-state index is 0.431. The van der Waals surface area contributed by atoms with Gasteiger partial charge in [-0.3, -0.25) is 0 Å². The van der Waals surface area contributed by atoms with Gasteiger partial charge in [-0.2, -0.15) is 0 Å². The summed E-state index contributed by atoms with van der Waals surface area (Å²) in [5, 5.41) is 0.638. The van der Waals surface area contributed by atoms with Gasteiger partial charge in [0.05, 0.1) is 0 Å². The average molecular weight is 282 g/mol. The molecule has 0 bridgehead atoms. The van der Waals surface area contributed by atoms with Crippen molar-refractivity contribution in [3.05, 3.63) is 70.2 Å². The van der Waals surface area contributed by atoms with E-state index in [9.17, 15) is 8.78 Å². The van der Waals surface area contributed by atoms with Crippen LogP contribution in [0.15, 0.2) is 42.5 Å². The van der Waals surface area contributed by atoms with Crippen LogP contribution in [0.4, 0.5) is 8.78 Å². The summed E-state index contributed by atoms with van der Waals surface area (Å²) in [6.45, 7) is 1.75. The first kappa shape index (κ1) is 14.0. The summed E-state index contributed by atoms with van der Waals surface area (Å²) in [4.78, 5) is 0. The second-order valence-corrected chi connectivity index (χ2v) is 5.32. The van der Waals surface area contributed by atoms with Crippen LogP contribution in [0.2, 0.25) is 5.02 Å². The molecular weight excluding hydrogens is 268 g/mol. The van der Waals surface area contributed by atoms with Crippen molar-refractivity contribution in [2.75, 3.05) is 0 Å². The van der Waals surface area contributed by atoms with Crippen LogP contribution in [0, 0.1) is 11.6 Å². The summed E-state index contributed by atoms with van der Waals surface area (Å²) < 4.78 is 26.5. The number of hydrogen-bond donors (Lipinski definition) is 1. The van der Waals surface area contributed by atoms with Crippen molar-refractivity contribution in [3.8, 4) is 0 Å². The first-order valence-electron chi connectivity index (χ1n) is 5.87. The Kier molecular flexibility index (Phi) is 3.88. The predicted octanol–water partition coefficient (Wildman–Crippen LogP) is 4.03. The van der Waals surface area contributed by atoms with Crippen molar-refractivity contribution in [2.45, 2.75) is 18.9 Å². The highest BCUT2D eigenvalue weighted by atomic mass is 35.5. The molecule has 0 saturated heterocycles. The summed E-state index contributed by atoms with van der Waals surface area (Å²) in [5.41, 5.74) is 6.72. The monoisotopic (exact) mass is 281 g/mol. The van der Waals surface area contributed by atoms with Crippen molar-refractivity contribution < 1.29 is 8.78 Å². The Morgan fingerprint density at radius 2 is 1.58 bits per heavy atom. The molecule has 4 heteroatoms. The molecule has 1 unspecified atom stereocenters. The maximum absolute atomic E-state index is 13.2. The zero-order valence-electron chi connectivity index (χ0n) is 10.5. The number of hydrogen-bond acceptors (Lipinski definition) is 1. The second-order valence-electron chi connectivity index (χ2n) is 4.88. The number of benzene rings is 2. The van der Waals surface area contributed by atoms with Crippen LogP contribution >= 0.6 is 11.6 Å². The van der Waals surface area contributed by atoms with Gasteiger partial charge >= 0.3 is 0 Å². The van der Waals surface area contributed by atoms with Crippen LogP contribution in [0.5, 0.6) is 0 Å². The van der Waals surface area contributed by atoms with Gasteiger partial charge in [-0.1, -0.05) is 23.7 Å². The minimum Gasteiger partial charge on any atom is -0.321 e. The van der Waals surface area contributed by atoms with Gasteiger partial charge in [-0.15, -0.1) is 0 Å².